The molecular formula is C16H24N4O. The number of carbonyl (C=O) groups excluding carboxylic acids is 1. The highest BCUT2D eigenvalue weighted by atomic mass is 16.2. The summed E-state index contributed by atoms with van der Waals surface area (Å²) in [6.45, 7) is 4.34. The molecule has 3 rings (SSSR count). The number of nitrogens with zero attached hydrogens (tertiary/aromatic N) is 3. The molecule has 2 N–H and O–H groups in total. The van der Waals surface area contributed by atoms with E-state index >= 15 is 0 Å². The van der Waals surface area contributed by atoms with E-state index in [-0.39, 0.29) is 17.9 Å². The monoisotopic (exact) mass is 288 g/mol. The second-order valence-electron chi connectivity index (χ2n) is 6.12. The number of rotatable bonds is 3. The predicted octanol–water partition coefficient (Wildman–Crippen LogP) is 0.853. The van der Waals surface area contributed by atoms with Gasteiger partial charge in [0.25, 0.3) is 0 Å². The smallest absolute Gasteiger partial charge is 0.227 e. The predicted molar refractivity (Wildman–Crippen MR) is 81.4 cm³/mol. The van der Waals surface area contributed by atoms with Crippen LogP contribution in [0, 0.1) is 5.92 Å². The van der Waals surface area contributed by atoms with Crippen molar-refractivity contribution in [1.29, 1.82) is 0 Å². The summed E-state index contributed by atoms with van der Waals surface area (Å²) in [5.74, 6) is 0.338. The Hall–Kier alpha value is -1.46. The van der Waals surface area contributed by atoms with Crippen LogP contribution in [-0.2, 0) is 11.3 Å². The van der Waals surface area contributed by atoms with Crippen LogP contribution in [0.15, 0.2) is 24.4 Å². The lowest BCUT2D eigenvalue weighted by molar-refractivity contribution is -0.137. The van der Waals surface area contributed by atoms with Crippen LogP contribution < -0.4 is 5.73 Å². The molecule has 2 unspecified atom stereocenters. The van der Waals surface area contributed by atoms with Gasteiger partial charge in [-0.1, -0.05) is 12.5 Å². The van der Waals surface area contributed by atoms with Gasteiger partial charge in [-0.25, -0.2) is 0 Å². The van der Waals surface area contributed by atoms with Crippen LogP contribution in [0.5, 0.6) is 0 Å². The van der Waals surface area contributed by atoms with Crippen molar-refractivity contribution in [3.05, 3.63) is 30.1 Å². The maximum atomic E-state index is 12.5. The van der Waals surface area contributed by atoms with Crippen LogP contribution in [-0.4, -0.2) is 52.9 Å². The third kappa shape index (κ3) is 3.41. The van der Waals surface area contributed by atoms with Gasteiger partial charge >= 0.3 is 0 Å². The molecule has 2 atom stereocenters. The lowest BCUT2D eigenvalue weighted by Gasteiger charge is -2.36. The third-order valence-corrected chi connectivity index (χ3v) is 4.68. The fraction of sp³-hybridized carbons (Fsp3) is 0.625. The minimum Gasteiger partial charge on any atom is -0.340 e. The SMILES string of the molecule is NC1CCCC1C(=O)N1CCN(Cc2ccccn2)CC1. The largest absolute Gasteiger partial charge is 0.340 e. The molecule has 2 fully saturated rings. The maximum absolute atomic E-state index is 12.5. The first-order valence-electron chi connectivity index (χ1n) is 7.90. The van der Waals surface area contributed by atoms with Crippen LogP contribution >= 0.6 is 0 Å². The van der Waals surface area contributed by atoms with Gasteiger partial charge in [0, 0.05) is 45.0 Å². The quantitative estimate of drug-likeness (QED) is 0.896. The van der Waals surface area contributed by atoms with Gasteiger partial charge in [0.2, 0.25) is 5.91 Å². The molecule has 1 aromatic rings. The molecule has 1 saturated heterocycles. The molecule has 1 aliphatic heterocycles. The van der Waals surface area contributed by atoms with E-state index in [2.05, 4.69) is 16.0 Å². The highest BCUT2D eigenvalue weighted by Crippen LogP contribution is 2.26. The zero-order valence-electron chi connectivity index (χ0n) is 12.4. The molecule has 0 radical (unpaired) electrons. The van der Waals surface area contributed by atoms with Crippen molar-refractivity contribution >= 4 is 5.91 Å². The average Bonchev–Trinajstić information content (AvgIpc) is 2.94. The van der Waals surface area contributed by atoms with Crippen LogP contribution in [0.3, 0.4) is 0 Å². The molecule has 0 bridgehead atoms. The van der Waals surface area contributed by atoms with E-state index in [9.17, 15) is 4.79 Å². The number of amides is 1. The van der Waals surface area contributed by atoms with E-state index in [1.165, 1.54) is 0 Å². The van der Waals surface area contributed by atoms with E-state index in [0.29, 0.717) is 0 Å². The van der Waals surface area contributed by atoms with E-state index in [1.54, 1.807) is 0 Å². The highest BCUT2D eigenvalue weighted by molar-refractivity contribution is 5.80. The molecule has 5 nitrogen and oxygen atoms in total. The second kappa shape index (κ2) is 6.54. The Kier molecular flexibility index (Phi) is 4.51. The van der Waals surface area contributed by atoms with Crippen LogP contribution in [0.2, 0.25) is 0 Å². The Labute approximate surface area is 126 Å². The molecule has 114 valence electrons. The van der Waals surface area contributed by atoms with Gasteiger partial charge in [-0.3, -0.25) is 14.7 Å². The summed E-state index contributed by atoms with van der Waals surface area (Å²) in [6.07, 6.45) is 4.89. The van der Waals surface area contributed by atoms with Gasteiger partial charge in [0.1, 0.15) is 0 Å². The maximum Gasteiger partial charge on any atom is 0.227 e. The summed E-state index contributed by atoms with van der Waals surface area (Å²) in [6, 6.07) is 6.08. The molecule has 1 amide bonds. The Balaban J connectivity index is 1.50. The summed E-state index contributed by atoms with van der Waals surface area (Å²) < 4.78 is 0. The van der Waals surface area contributed by atoms with Gasteiger partial charge in [-0.05, 0) is 25.0 Å². The Bertz CT molecular complexity index is 470. The van der Waals surface area contributed by atoms with Crippen molar-refractivity contribution in [3.63, 3.8) is 0 Å². The van der Waals surface area contributed by atoms with Crippen molar-refractivity contribution in [2.75, 3.05) is 26.2 Å². The summed E-state index contributed by atoms with van der Waals surface area (Å²) >= 11 is 0. The Morgan fingerprint density at radius 1 is 1.24 bits per heavy atom. The zero-order valence-corrected chi connectivity index (χ0v) is 12.4. The fourth-order valence-electron chi connectivity index (χ4n) is 3.38. The molecule has 21 heavy (non-hydrogen) atoms. The molecule has 0 spiro atoms. The average molecular weight is 288 g/mol. The van der Waals surface area contributed by atoms with Crippen molar-refractivity contribution in [2.45, 2.75) is 31.8 Å². The third-order valence-electron chi connectivity index (χ3n) is 4.68. The first-order valence-corrected chi connectivity index (χ1v) is 7.90. The van der Waals surface area contributed by atoms with Gasteiger partial charge in [-0.2, -0.15) is 0 Å². The number of carbonyl (C=O) groups is 1. The van der Waals surface area contributed by atoms with Gasteiger partial charge in [-0.15, -0.1) is 0 Å². The zero-order chi connectivity index (χ0) is 14.7. The number of pyridine rings is 1. The Morgan fingerprint density at radius 2 is 2.05 bits per heavy atom. The van der Waals surface area contributed by atoms with E-state index < -0.39 is 0 Å². The minimum absolute atomic E-state index is 0.0624. The molecule has 0 aromatic carbocycles. The van der Waals surface area contributed by atoms with E-state index in [4.69, 9.17) is 5.73 Å². The molecule has 1 aliphatic carbocycles. The van der Waals surface area contributed by atoms with Crippen molar-refractivity contribution < 1.29 is 4.79 Å². The van der Waals surface area contributed by atoms with Crippen LogP contribution in [0.1, 0.15) is 25.0 Å². The fourth-order valence-corrected chi connectivity index (χ4v) is 3.38. The number of hydrogen-bond acceptors (Lipinski definition) is 4. The summed E-state index contributed by atoms with van der Waals surface area (Å²) in [4.78, 5) is 21.2. The summed E-state index contributed by atoms with van der Waals surface area (Å²) in [5, 5.41) is 0. The standard InChI is InChI=1S/C16H24N4O/c17-15-6-3-5-14(15)16(21)20-10-8-19(9-11-20)12-13-4-1-2-7-18-13/h1-2,4,7,14-15H,3,5-6,8-12,17H2. The number of aromatic nitrogens is 1. The lowest BCUT2D eigenvalue weighted by atomic mass is 10.0. The van der Waals surface area contributed by atoms with Crippen molar-refractivity contribution in [3.8, 4) is 0 Å². The van der Waals surface area contributed by atoms with E-state index in [0.717, 1.165) is 57.7 Å². The lowest BCUT2D eigenvalue weighted by Crippen LogP contribution is -2.51. The minimum atomic E-state index is 0.0624. The molecule has 1 aromatic heterocycles. The van der Waals surface area contributed by atoms with Crippen molar-refractivity contribution in [2.24, 2.45) is 11.7 Å². The molecule has 2 aliphatic rings. The summed E-state index contributed by atoms with van der Waals surface area (Å²) in [5.41, 5.74) is 7.14. The van der Waals surface area contributed by atoms with Crippen LogP contribution in [0.25, 0.3) is 0 Å². The topological polar surface area (TPSA) is 62.5 Å². The van der Waals surface area contributed by atoms with Crippen LogP contribution in [0.4, 0.5) is 0 Å². The highest BCUT2D eigenvalue weighted by Gasteiger charge is 2.34. The molecular weight excluding hydrogens is 264 g/mol. The molecule has 5 heteroatoms. The van der Waals surface area contributed by atoms with E-state index in [1.807, 2.05) is 23.2 Å². The van der Waals surface area contributed by atoms with Crippen molar-refractivity contribution in [1.82, 2.24) is 14.8 Å². The number of piperazine rings is 1. The summed E-state index contributed by atoms with van der Waals surface area (Å²) in [7, 11) is 0. The molecule has 1 saturated carbocycles. The number of hydrogen-bond donors (Lipinski definition) is 1. The van der Waals surface area contributed by atoms with Gasteiger partial charge in [0.05, 0.1) is 11.6 Å². The second-order valence-corrected chi connectivity index (χ2v) is 6.12. The normalized spacial score (nSPS) is 27.0. The number of nitrogens with two attached hydrogens (primary N) is 1. The first-order chi connectivity index (χ1) is 10.2. The van der Waals surface area contributed by atoms with Gasteiger partial charge < -0.3 is 10.6 Å². The molecule has 2 heterocycles. The Morgan fingerprint density at radius 3 is 2.67 bits per heavy atom. The van der Waals surface area contributed by atoms with Gasteiger partial charge in [0.15, 0.2) is 0 Å². The first kappa shape index (κ1) is 14.5.